The number of carbonyl (C=O) groups excluding carboxylic acids is 1. The molecule has 1 N–H and O–H groups in total. The molecule has 0 bridgehead atoms. The molecule has 1 aliphatic carbocycles. The molecule has 2 amide bonds. The van der Waals surface area contributed by atoms with Gasteiger partial charge in [0.2, 0.25) is 0 Å². The number of para-hydroxylation sites is 1. The second-order valence-electron chi connectivity index (χ2n) is 6.78. The number of piperazine rings is 1. The maximum atomic E-state index is 12.5. The lowest BCUT2D eigenvalue weighted by atomic mass is 10.1. The SMILES string of the molecule is CC1CN(C(=O)NC2CCCC2)CC(C)N1c1ccccc1. The Kier molecular flexibility index (Phi) is 4.55. The molecule has 2 fully saturated rings. The van der Waals surface area contributed by atoms with E-state index in [2.05, 4.69) is 48.3 Å². The molecule has 0 aromatic heterocycles. The number of benzene rings is 1. The fraction of sp³-hybridized carbons (Fsp3) is 0.611. The van der Waals surface area contributed by atoms with Crippen molar-refractivity contribution in [3.05, 3.63) is 30.3 Å². The molecule has 1 heterocycles. The summed E-state index contributed by atoms with van der Waals surface area (Å²) >= 11 is 0. The van der Waals surface area contributed by atoms with Crippen molar-refractivity contribution in [1.29, 1.82) is 0 Å². The van der Waals surface area contributed by atoms with Gasteiger partial charge in [-0.05, 0) is 38.8 Å². The van der Waals surface area contributed by atoms with Gasteiger partial charge in [0.1, 0.15) is 0 Å². The summed E-state index contributed by atoms with van der Waals surface area (Å²) in [5, 5.41) is 3.21. The highest BCUT2D eigenvalue weighted by Gasteiger charge is 2.32. The van der Waals surface area contributed by atoms with E-state index in [1.54, 1.807) is 0 Å². The van der Waals surface area contributed by atoms with Crippen molar-refractivity contribution in [2.75, 3.05) is 18.0 Å². The molecule has 4 nitrogen and oxygen atoms in total. The highest BCUT2D eigenvalue weighted by Crippen LogP contribution is 2.25. The van der Waals surface area contributed by atoms with Crippen LogP contribution in [0.1, 0.15) is 39.5 Å². The summed E-state index contributed by atoms with van der Waals surface area (Å²) in [7, 11) is 0. The Balaban J connectivity index is 1.63. The second-order valence-corrected chi connectivity index (χ2v) is 6.78. The number of hydrogen-bond acceptors (Lipinski definition) is 2. The predicted octanol–water partition coefficient (Wildman–Crippen LogP) is 3.24. The Morgan fingerprint density at radius 1 is 1.05 bits per heavy atom. The lowest BCUT2D eigenvalue weighted by Gasteiger charge is -2.46. The van der Waals surface area contributed by atoms with Crippen molar-refractivity contribution >= 4 is 11.7 Å². The van der Waals surface area contributed by atoms with Crippen LogP contribution in [0.3, 0.4) is 0 Å². The Morgan fingerprint density at radius 2 is 1.64 bits per heavy atom. The van der Waals surface area contributed by atoms with E-state index in [-0.39, 0.29) is 6.03 Å². The number of nitrogens with zero attached hydrogens (tertiary/aromatic N) is 2. The maximum Gasteiger partial charge on any atom is 0.317 e. The normalized spacial score (nSPS) is 26.3. The standard InChI is InChI=1S/C18H27N3O/c1-14-12-20(18(22)19-16-8-6-7-9-16)13-15(2)21(14)17-10-4-3-5-11-17/h3-5,10-11,14-16H,6-9,12-13H2,1-2H3,(H,19,22). The van der Waals surface area contributed by atoms with Crippen LogP contribution in [0.5, 0.6) is 0 Å². The molecule has 3 rings (SSSR count). The molecule has 4 heteroatoms. The molecule has 1 aromatic rings. The van der Waals surface area contributed by atoms with Crippen LogP contribution in [0.25, 0.3) is 0 Å². The quantitative estimate of drug-likeness (QED) is 0.910. The van der Waals surface area contributed by atoms with E-state index < -0.39 is 0 Å². The molecule has 2 atom stereocenters. The summed E-state index contributed by atoms with van der Waals surface area (Å²) in [4.78, 5) is 16.9. The number of hydrogen-bond donors (Lipinski definition) is 1. The highest BCUT2D eigenvalue weighted by atomic mass is 16.2. The van der Waals surface area contributed by atoms with Crippen LogP contribution >= 0.6 is 0 Å². The lowest BCUT2D eigenvalue weighted by molar-refractivity contribution is 0.173. The van der Waals surface area contributed by atoms with Gasteiger partial charge >= 0.3 is 6.03 Å². The minimum atomic E-state index is 0.123. The highest BCUT2D eigenvalue weighted by molar-refractivity contribution is 5.75. The van der Waals surface area contributed by atoms with E-state index in [1.807, 2.05) is 11.0 Å². The number of nitrogens with one attached hydrogen (secondary N) is 1. The van der Waals surface area contributed by atoms with Crippen LogP contribution in [0.4, 0.5) is 10.5 Å². The molecule has 1 saturated heterocycles. The first-order valence-electron chi connectivity index (χ1n) is 8.54. The van der Waals surface area contributed by atoms with Crippen molar-refractivity contribution in [3.8, 4) is 0 Å². The van der Waals surface area contributed by atoms with E-state index >= 15 is 0 Å². The third kappa shape index (κ3) is 3.21. The Morgan fingerprint density at radius 3 is 2.23 bits per heavy atom. The van der Waals surface area contributed by atoms with E-state index in [0.29, 0.717) is 18.1 Å². The van der Waals surface area contributed by atoms with Crippen molar-refractivity contribution in [1.82, 2.24) is 10.2 Å². The zero-order chi connectivity index (χ0) is 15.5. The molecular formula is C18H27N3O. The van der Waals surface area contributed by atoms with Gasteiger partial charge in [0.25, 0.3) is 0 Å². The minimum Gasteiger partial charge on any atom is -0.363 e. The summed E-state index contributed by atoms with van der Waals surface area (Å²) in [5.74, 6) is 0. The third-order valence-corrected chi connectivity index (χ3v) is 4.94. The number of anilines is 1. The van der Waals surface area contributed by atoms with Gasteiger partial charge in [0.15, 0.2) is 0 Å². The van der Waals surface area contributed by atoms with Crippen LogP contribution in [-0.2, 0) is 0 Å². The average molecular weight is 301 g/mol. The van der Waals surface area contributed by atoms with E-state index in [0.717, 1.165) is 25.9 Å². The minimum absolute atomic E-state index is 0.123. The summed E-state index contributed by atoms with van der Waals surface area (Å²) < 4.78 is 0. The molecule has 0 radical (unpaired) electrons. The molecule has 2 unspecified atom stereocenters. The molecule has 2 aliphatic rings. The molecular weight excluding hydrogens is 274 g/mol. The second kappa shape index (κ2) is 6.59. The van der Waals surface area contributed by atoms with Gasteiger partial charge in [0, 0.05) is 36.9 Å². The number of amides is 2. The smallest absolute Gasteiger partial charge is 0.317 e. The third-order valence-electron chi connectivity index (χ3n) is 4.94. The first kappa shape index (κ1) is 15.2. The van der Waals surface area contributed by atoms with Gasteiger partial charge in [0.05, 0.1) is 0 Å². The molecule has 1 aliphatic heterocycles. The van der Waals surface area contributed by atoms with Gasteiger partial charge in [-0.25, -0.2) is 4.79 Å². The fourth-order valence-corrected chi connectivity index (χ4v) is 3.93. The average Bonchev–Trinajstić information content (AvgIpc) is 3.00. The van der Waals surface area contributed by atoms with E-state index in [1.165, 1.54) is 18.5 Å². The van der Waals surface area contributed by atoms with Gasteiger partial charge in [-0.3, -0.25) is 0 Å². The van der Waals surface area contributed by atoms with Crippen LogP contribution < -0.4 is 10.2 Å². The van der Waals surface area contributed by atoms with Gasteiger partial charge < -0.3 is 15.1 Å². The topological polar surface area (TPSA) is 35.6 Å². The Labute approximate surface area is 133 Å². The fourth-order valence-electron chi connectivity index (χ4n) is 3.93. The zero-order valence-electron chi connectivity index (χ0n) is 13.7. The summed E-state index contributed by atoms with van der Waals surface area (Å²) in [6.07, 6.45) is 4.78. The summed E-state index contributed by atoms with van der Waals surface area (Å²) in [6, 6.07) is 11.7. The van der Waals surface area contributed by atoms with Crippen LogP contribution in [0, 0.1) is 0 Å². The Hall–Kier alpha value is -1.71. The van der Waals surface area contributed by atoms with Gasteiger partial charge in [-0.2, -0.15) is 0 Å². The predicted molar refractivity (Wildman–Crippen MR) is 90.2 cm³/mol. The molecule has 120 valence electrons. The van der Waals surface area contributed by atoms with Crippen LogP contribution in [-0.4, -0.2) is 42.1 Å². The zero-order valence-corrected chi connectivity index (χ0v) is 13.7. The van der Waals surface area contributed by atoms with Crippen molar-refractivity contribution in [2.45, 2.75) is 57.7 Å². The first-order valence-corrected chi connectivity index (χ1v) is 8.54. The largest absolute Gasteiger partial charge is 0.363 e. The molecule has 1 saturated carbocycles. The van der Waals surface area contributed by atoms with Crippen molar-refractivity contribution < 1.29 is 4.79 Å². The molecule has 1 aromatic carbocycles. The maximum absolute atomic E-state index is 12.5. The number of rotatable bonds is 2. The monoisotopic (exact) mass is 301 g/mol. The van der Waals surface area contributed by atoms with Crippen LogP contribution in [0.15, 0.2) is 30.3 Å². The summed E-state index contributed by atoms with van der Waals surface area (Å²) in [6.45, 7) is 5.99. The lowest BCUT2D eigenvalue weighted by Crippen LogP contribution is -2.60. The van der Waals surface area contributed by atoms with Crippen molar-refractivity contribution in [3.63, 3.8) is 0 Å². The molecule has 22 heavy (non-hydrogen) atoms. The number of carbonyl (C=O) groups is 1. The Bertz CT molecular complexity index is 486. The molecule has 0 spiro atoms. The van der Waals surface area contributed by atoms with Crippen molar-refractivity contribution in [2.24, 2.45) is 0 Å². The van der Waals surface area contributed by atoms with Gasteiger partial charge in [-0.1, -0.05) is 31.0 Å². The first-order chi connectivity index (χ1) is 10.6. The summed E-state index contributed by atoms with van der Waals surface area (Å²) in [5.41, 5.74) is 1.25. The van der Waals surface area contributed by atoms with E-state index in [4.69, 9.17) is 0 Å². The van der Waals surface area contributed by atoms with E-state index in [9.17, 15) is 4.79 Å². The number of urea groups is 1. The van der Waals surface area contributed by atoms with Crippen LogP contribution in [0.2, 0.25) is 0 Å². The van der Waals surface area contributed by atoms with Gasteiger partial charge in [-0.15, -0.1) is 0 Å².